The molecule has 0 aromatic rings. The Bertz CT molecular complexity index is 1810. The molecule has 94 heavy (non-hydrogen) atoms. The molecule has 0 aromatic heterocycles. The summed E-state index contributed by atoms with van der Waals surface area (Å²) >= 11 is 0. The van der Waals surface area contributed by atoms with Crippen molar-refractivity contribution in [3.8, 4) is 0 Å². The van der Waals surface area contributed by atoms with Crippen molar-refractivity contribution < 1.29 is 80.2 Å². The molecule has 17 nitrogen and oxygen atoms in total. The molecule has 3 unspecified atom stereocenters. The summed E-state index contributed by atoms with van der Waals surface area (Å²) in [6, 6.07) is 0. The highest BCUT2D eigenvalue weighted by atomic mass is 31.2. The van der Waals surface area contributed by atoms with Gasteiger partial charge in [-0.1, -0.05) is 343 Å². The van der Waals surface area contributed by atoms with Gasteiger partial charge < -0.3 is 33.8 Å². The third kappa shape index (κ3) is 67.3. The fraction of sp³-hybridized carbons (Fsp3) is 0.947. The van der Waals surface area contributed by atoms with Crippen molar-refractivity contribution in [2.24, 2.45) is 5.92 Å². The highest BCUT2D eigenvalue weighted by molar-refractivity contribution is 7.47. The molecule has 0 aliphatic heterocycles. The Morgan fingerprint density at radius 2 is 0.511 bits per heavy atom. The molecule has 0 aliphatic rings. The average molecular weight is 1380 g/mol. The van der Waals surface area contributed by atoms with E-state index in [1.54, 1.807) is 0 Å². The number of ether oxygens (including phenoxy) is 4. The minimum atomic E-state index is -4.96. The fourth-order valence-electron chi connectivity index (χ4n) is 11.5. The number of phosphoric acid groups is 2. The van der Waals surface area contributed by atoms with Crippen molar-refractivity contribution in [3.63, 3.8) is 0 Å². The van der Waals surface area contributed by atoms with Crippen LogP contribution in [0.25, 0.3) is 0 Å². The van der Waals surface area contributed by atoms with Crippen molar-refractivity contribution in [2.45, 2.75) is 412 Å². The van der Waals surface area contributed by atoms with Gasteiger partial charge >= 0.3 is 39.5 Å². The maximum Gasteiger partial charge on any atom is 0.472 e. The van der Waals surface area contributed by atoms with E-state index in [0.717, 1.165) is 102 Å². The zero-order valence-electron chi connectivity index (χ0n) is 61.1. The zero-order valence-corrected chi connectivity index (χ0v) is 62.9. The lowest BCUT2D eigenvalue weighted by atomic mass is 10.00. The SMILES string of the molecule is CCCCCCCCCCCCCCCCCCCCCC(=O)O[C@H](COC(=O)CCCCCCCCCCCCCCCCCCC)COP(=O)(O)OC[C@@H](O)COP(=O)(O)OC[C@@H](COC(=O)CCCCCCCCCC)OC(=O)CCCCCCCCC(C)CC. The number of esters is 4. The van der Waals surface area contributed by atoms with E-state index in [1.807, 2.05) is 0 Å². The van der Waals surface area contributed by atoms with Crippen LogP contribution >= 0.6 is 15.6 Å². The van der Waals surface area contributed by atoms with Gasteiger partial charge in [-0.2, -0.15) is 0 Å². The van der Waals surface area contributed by atoms with Gasteiger partial charge in [-0.15, -0.1) is 0 Å². The molecule has 0 saturated carbocycles. The summed E-state index contributed by atoms with van der Waals surface area (Å²) in [6.07, 6.45) is 57.1. The van der Waals surface area contributed by atoms with Crippen LogP contribution in [0.15, 0.2) is 0 Å². The smallest absolute Gasteiger partial charge is 0.462 e. The molecule has 0 rings (SSSR count). The summed E-state index contributed by atoms with van der Waals surface area (Å²) in [5, 5.41) is 10.6. The molecule has 0 aliphatic carbocycles. The van der Waals surface area contributed by atoms with Crippen molar-refractivity contribution >= 4 is 39.5 Å². The van der Waals surface area contributed by atoms with Crippen molar-refractivity contribution in [1.82, 2.24) is 0 Å². The number of phosphoric ester groups is 2. The summed E-state index contributed by atoms with van der Waals surface area (Å²) in [6.45, 7) is 7.21. The molecule has 0 radical (unpaired) electrons. The van der Waals surface area contributed by atoms with Crippen molar-refractivity contribution in [1.29, 1.82) is 0 Å². The number of carbonyl (C=O) groups excluding carboxylic acids is 4. The van der Waals surface area contributed by atoms with Crippen LogP contribution in [0.1, 0.15) is 394 Å². The second-order valence-electron chi connectivity index (χ2n) is 27.3. The van der Waals surface area contributed by atoms with Crippen LogP contribution in [-0.2, 0) is 65.4 Å². The number of hydrogen-bond donors (Lipinski definition) is 3. The lowest BCUT2D eigenvalue weighted by Gasteiger charge is -2.21. The van der Waals surface area contributed by atoms with Gasteiger partial charge in [-0.3, -0.25) is 37.3 Å². The lowest BCUT2D eigenvalue weighted by molar-refractivity contribution is -0.161. The van der Waals surface area contributed by atoms with Gasteiger partial charge in [0.15, 0.2) is 12.2 Å². The van der Waals surface area contributed by atoms with E-state index in [9.17, 15) is 43.2 Å². The van der Waals surface area contributed by atoms with Crippen LogP contribution in [0.4, 0.5) is 0 Å². The van der Waals surface area contributed by atoms with Crippen molar-refractivity contribution in [2.75, 3.05) is 39.6 Å². The molecule has 0 spiro atoms. The van der Waals surface area contributed by atoms with Crippen LogP contribution in [0.3, 0.4) is 0 Å². The summed E-state index contributed by atoms with van der Waals surface area (Å²) in [5.74, 6) is -1.40. The first-order chi connectivity index (χ1) is 45.6. The standard InChI is InChI=1S/C75H146O17P2/c1-6-10-13-16-19-22-24-26-28-30-31-33-35-37-39-41-44-50-55-60-74(79)91-70(64-86-73(78)59-54-49-43-40-38-36-34-32-29-27-25-23-20-17-14-11-7-2)66-89-93(81,82)87-62-69(76)63-88-94(83,84)90-67-71(65-85-72(77)58-53-48-42-21-18-15-12-8-3)92-75(80)61-56-51-46-45-47-52-57-68(5)9-4/h68-71,76H,6-67H2,1-5H3,(H,81,82)(H,83,84)/t68?,69-,70-,71-/m1/s1. The Balaban J connectivity index is 5.19. The van der Waals surface area contributed by atoms with Gasteiger partial charge in [-0.05, 0) is 31.6 Å². The second kappa shape index (κ2) is 68.2. The molecule has 0 aromatic carbocycles. The molecular weight excluding hydrogens is 1230 g/mol. The molecule has 3 N–H and O–H groups in total. The Morgan fingerprint density at radius 3 is 0.755 bits per heavy atom. The van der Waals surface area contributed by atoms with Gasteiger partial charge in [0.1, 0.15) is 19.3 Å². The highest BCUT2D eigenvalue weighted by Gasteiger charge is 2.30. The van der Waals surface area contributed by atoms with Crippen LogP contribution in [-0.4, -0.2) is 96.7 Å². The zero-order chi connectivity index (χ0) is 69.1. The van der Waals surface area contributed by atoms with Crippen LogP contribution in [0.5, 0.6) is 0 Å². The minimum Gasteiger partial charge on any atom is -0.462 e. The monoisotopic (exact) mass is 1380 g/mol. The normalized spacial score (nSPS) is 14.3. The maximum absolute atomic E-state index is 13.1. The largest absolute Gasteiger partial charge is 0.472 e. The van der Waals surface area contributed by atoms with E-state index in [-0.39, 0.29) is 25.7 Å². The molecule has 0 heterocycles. The Labute approximate surface area is 575 Å². The minimum absolute atomic E-state index is 0.103. The number of aliphatic hydroxyl groups is 1. The predicted octanol–water partition coefficient (Wildman–Crippen LogP) is 22.1. The van der Waals surface area contributed by atoms with E-state index in [1.165, 1.54) is 212 Å². The van der Waals surface area contributed by atoms with Crippen LogP contribution in [0, 0.1) is 5.92 Å². The second-order valence-corrected chi connectivity index (χ2v) is 30.2. The Kier molecular flexibility index (Phi) is 66.8. The summed E-state index contributed by atoms with van der Waals surface area (Å²) in [5.41, 5.74) is 0. The van der Waals surface area contributed by atoms with Crippen LogP contribution in [0.2, 0.25) is 0 Å². The maximum atomic E-state index is 13.1. The third-order valence-electron chi connectivity index (χ3n) is 17.9. The summed E-state index contributed by atoms with van der Waals surface area (Å²) in [4.78, 5) is 72.6. The molecule has 19 heteroatoms. The van der Waals surface area contributed by atoms with E-state index >= 15 is 0 Å². The number of carbonyl (C=O) groups is 4. The molecule has 0 bridgehead atoms. The molecule has 0 saturated heterocycles. The molecule has 0 fully saturated rings. The fourth-order valence-corrected chi connectivity index (χ4v) is 13.1. The summed E-state index contributed by atoms with van der Waals surface area (Å²) < 4.78 is 68.4. The van der Waals surface area contributed by atoms with E-state index in [4.69, 9.17) is 37.0 Å². The number of unbranched alkanes of at least 4 members (excludes halogenated alkanes) is 46. The molecule has 558 valence electrons. The van der Waals surface area contributed by atoms with Crippen LogP contribution < -0.4 is 0 Å². The number of rotatable bonds is 75. The quantitative estimate of drug-likeness (QED) is 0.0222. The van der Waals surface area contributed by atoms with Gasteiger partial charge in [0, 0.05) is 25.7 Å². The molecule has 0 amide bonds. The first kappa shape index (κ1) is 92.1. The van der Waals surface area contributed by atoms with Crippen molar-refractivity contribution in [3.05, 3.63) is 0 Å². The highest BCUT2D eigenvalue weighted by Crippen LogP contribution is 2.45. The summed E-state index contributed by atoms with van der Waals surface area (Å²) in [7, 11) is -9.90. The van der Waals surface area contributed by atoms with Gasteiger partial charge in [0.2, 0.25) is 0 Å². The third-order valence-corrected chi connectivity index (χ3v) is 19.8. The molecular formula is C75H146O17P2. The first-order valence-electron chi connectivity index (χ1n) is 39.2. The van der Waals surface area contributed by atoms with Gasteiger partial charge in [-0.25, -0.2) is 9.13 Å². The Hall–Kier alpha value is -1.94. The van der Waals surface area contributed by atoms with E-state index in [0.29, 0.717) is 25.7 Å². The van der Waals surface area contributed by atoms with Gasteiger partial charge in [0.05, 0.1) is 26.4 Å². The first-order valence-corrected chi connectivity index (χ1v) is 42.2. The number of aliphatic hydroxyl groups excluding tert-OH is 1. The lowest BCUT2D eigenvalue weighted by Crippen LogP contribution is -2.30. The number of hydrogen-bond acceptors (Lipinski definition) is 15. The molecule has 6 atom stereocenters. The average Bonchev–Trinajstić information content (AvgIpc) is 2.01. The van der Waals surface area contributed by atoms with Gasteiger partial charge in [0.25, 0.3) is 0 Å². The Morgan fingerprint density at radius 1 is 0.298 bits per heavy atom. The topological polar surface area (TPSA) is 237 Å². The predicted molar refractivity (Wildman–Crippen MR) is 382 cm³/mol. The van der Waals surface area contributed by atoms with E-state index < -0.39 is 97.5 Å². The van der Waals surface area contributed by atoms with E-state index in [2.05, 4.69) is 34.6 Å².